The number of aliphatic carboxylic acids is 1. The number of aryl methyl sites for hydroxylation is 1. The Morgan fingerprint density at radius 2 is 2.38 bits per heavy atom. The Labute approximate surface area is 94.9 Å². The molecule has 0 saturated heterocycles. The van der Waals surface area contributed by atoms with E-state index < -0.39 is 5.97 Å². The molecule has 4 heteroatoms. The molecule has 0 aliphatic heterocycles. The number of nitrogens with zero attached hydrogens (tertiary/aromatic N) is 2. The topological polar surface area (TPSA) is 53.4 Å². The second-order valence-electron chi connectivity index (χ2n) is 3.55. The van der Waals surface area contributed by atoms with E-state index in [-0.39, 0.29) is 6.54 Å². The zero-order valence-electron chi connectivity index (χ0n) is 9.18. The van der Waals surface area contributed by atoms with Gasteiger partial charge in [0, 0.05) is 18.4 Å². The monoisotopic (exact) mass is 218 g/mol. The summed E-state index contributed by atoms with van der Waals surface area (Å²) in [5.41, 5.74) is 1.90. The highest BCUT2D eigenvalue weighted by atomic mass is 16.4. The number of carboxylic acids is 1. The average Bonchev–Trinajstić information content (AvgIpc) is 2.21. The minimum Gasteiger partial charge on any atom is -0.480 e. The van der Waals surface area contributed by atoms with Gasteiger partial charge in [-0.05, 0) is 18.6 Å². The summed E-state index contributed by atoms with van der Waals surface area (Å²) in [6.07, 6.45) is 6.92. The Morgan fingerprint density at radius 3 is 2.88 bits per heavy atom. The normalized spacial score (nSPS) is 10.1. The van der Waals surface area contributed by atoms with Gasteiger partial charge in [-0.15, -0.1) is 6.42 Å². The van der Waals surface area contributed by atoms with Crippen molar-refractivity contribution < 1.29 is 9.90 Å². The molecule has 1 aromatic heterocycles. The van der Waals surface area contributed by atoms with Crippen LogP contribution in [0.4, 0.5) is 0 Å². The summed E-state index contributed by atoms with van der Waals surface area (Å²) in [5.74, 6) is 1.57. The van der Waals surface area contributed by atoms with E-state index in [9.17, 15) is 4.79 Å². The van der Waals surface area contributed by atoms with E-state index in [1.165, 1.54) is 0 Å². The van der Waals surface area contributed by atoms with Crippen molar-refractivity contribution in [1.29, 1.82) is 0 Å². The quantitative estimate of drug-likeness (QED) is 0.746. The molecule has 4 nitrogen and oxygen atoms in total. The van der Waals surface area contributed by atoms with Crippen LogP contribution in [0.3, 0.4) is 0 Å². The number of hydrogen-bond donors (Lipinski definition) is 1. The van der Waals surface area contributed by atoms with Gasteiger partial charge in [0.2, 0.25) is 0 Å². The van der Waals surface area contributed by atoms with Gasteiger partial charge in [-0.2, -0.15) is 0 Å². The van der Waals surface area contributed by atoms with Gasteiger partial charge in [0.05, 0.1) is 13.1 Å². The minimum atomic E-state index is -0.879. The van der Waals surface area contributed by atoms with Crippen molar-refractivity contribution in [3.63, 3.8) is 0 Å². The molecule has 1 rings (SSSR count). The van der Waals surface area contributed by atoms with Crippen LogP contribution in [0.5, 0.6) is 0 Å². The third-order valence-corrected chi connectivity index (χ3v) is 2.05. The lowest BCUT2D eigenvalue weighted by atomic mass is 10.2. The first-order valence-electron chi connectivity index (χ1n) is 4.91. The van der Waals surface area contributed by atoms with E-state index in [4.69, 9.17) is 11.5 Å². The second-order valence-corrected chi connectivity index (χ2v) is 3.55. The molecule has 0 aliphatic rings. The molecule has 0 fully saturated rings. The molecule has 0 atom stereocenters. The lowest BCUT2D eigenvalue weighted by molar-refractivity contribution is -0.138. The van der Waals surface area contributed by atoms with Gasteiger partial charge in [0.25, 0.3) is 0 Å². The van der Waals surface area contributed by atoms with Gasteiger partial charge in [-0.1, -0.05) is 12.0 Å². The summed E-state index contributed by atoms with van der Waals surface area (Å²) in [7, 11) is 0. The van der Waals surface area contributed by atoms with Crippen molar-refractivity contribution >= 4 is 5.97 Å². The molecule has 0 aromatic carbocycles. The fourth-order valence-corrected chi connectivity index (χ4v) is 1.34. The van der Waals surface area contributed by atoms with Crippen LogP contribution in [0.2, 0.25) is 0 Å². The van der Waals surface area contributed by atoms with Crippen molar-refractivity contribution in [2.24, 2.45) is 0 Å². The van der Waals surface area contributed by atoms with Crippen LogP contribution in [0.25, 0.3) is 0 Å². The van der Waals surface area contributed by atoms with E-state index in [0.29, 0.717) is 13.1 Å². The third-order valence-electron chi connectivity index (χ3n) is 2.05. The zero-order chi connectivity index (χ0) is 12.0. The molecule has 0 spiro atoms. The molecule has 1 aromatic rings. The van der Waals surface area contributed by atoms with Gasteiger partial charge in [0.15, 0.2) is 0 Å². The van der Waals surface area contributed by atoms with Crippen LogP contribution in [-0.4, -0.2) is 34.0 Å². The summed E-state index contributed by atoms with van der Waals surface area (Å²) in [6.45, 7) is 2.67. The smallest absolute Gasteiger partial charge is 0.317 e. The van der Waals surface area contributed by atoms with Gasteiger partial charge < -0.3 is 5.11 Å². The third kappa shape index (κ3) is 4.11. The zero-order valence-corrected chi connectivity index (χ0v) is 9.18. The summed E-state index contributed by atoms with van der Waals surface area (Å²) in [5, 5.41) is 8.71. The predicted molar refractivity (Wildman–Crippen MR) is 60.7 cm³/mol. The standard InChI is InChI=1S/C12H14N2O2/c1-3-6-14(9-12(15)16)8-11-5-4-10(2)13-7-11/h1,4-5,7H,6,8-9H2,2H3,(H,15,16). The van der Waals surface area contributed by atoms with Crippen molar-refractivity contribution in [3.8, 4) is 12.3 Å². The van der Waals surface area contributed by atoms with Crippen molar-refractivity contribution in [3.05, 3.63) is 29.6 Å². The van der Waals surface area contributed by atoms with Gasteiger partial charge in [0.1, 0.15) is 0 Å². The number of terminal acetylenes is 1. The summed E-state index contributed by atoms with van der Waals surface area (Å²) >= 11 is 0. The highest BCUT2D eigenvalue weighted by Crippen LogP contribution is 2.03. The first kappa shape index (κ1) is 12.2. The Kier molecular flexibility index (Phi) is 4.49. The highest BCUT2D eigenvalue weighted by Gasteiger charge is 2.08. The molecule has 0 aliphatic carbocycles. The number of carbonyl (C=O) groups is 1. The average molecular weight is 218 g/mol. The van der Waals surface area contributed by atoms with Crippen LogP contribution >= 0.6 is 0 Å². The summed E-state index contributed by atoms with van der Waals surface area (Å²) < 4.78 is 0. The van der Waals surface area contributed by atoms with E-state index >= 15 is 0 Å². The maximum Gasteiger partial charge on any atom is 0.317 e. The first-order chi connectivity index (χ1) is 7.61. The predicted octanol–water partition coefficient (Wildman–Crippen LogP) is 0.910. The highest BCUT2D eigenvalue weighted by molar-refractivity contribution is 5.69. The first-order valence-corrected chi connectivity index (χ1v) is 4.91. The fraction of sp³-hybridized carbons (Fsp3) is 0.333. The molecule has 0 radical (unpaired) electrons. The molecular weight excluding hydrogens is 204 g/mol. The van der Waals surface area contributed by atoms with Gasteiger partial charge in [-0.3, -0.25) is 14.7 Å². The van der Waals surface area contributed by atoms with E-state index in [1.54, 1.807) is 11.1 Å². The SMILES string of the molecule is C#CCN(CC(=O)O)Cc1ccc(C)nc1. The summed E-state index contributed by atoms with van der Waals surface area (Å²) in [6, 6.07) is 3.82. The van der Waals surface area contributed by atoms with Crippen LogP contribution in [0.1, 0.15) is 11.3 Å². The molecule has 84 valence electrons. The molecule has 0 amide bonds. The Balaban J connectivity index is 2.64. The van der Waals surface area contributed by atoms with E-state index in [0.717, 1.165) is 11.3 Å². The van der Waals surface area contributed by atoms with E-state index in [1.807, 2.05) is 19.1 Å². The van der Waals surface area contributed by atoms with Gasteiger partial charge in [-0.25, -0.2) is 0 Å². The number of aromatic nitrogens is 1. The van der Waals surface area contributed by atoms with Crippen molar-refractivity contribution in [2.45, 2.75) is 13.5 Å². The maximum atomic E-state index is 10.6. The molecule has 0 bridgehead atoms. The van der Waals surface area contributed by atoms with Crippen molar-refractivity contribution in [1.82, 2.24) is 9.88 Å². The molecule has 0 saturated carbocycles. The number of carboxylic acid groups (broad SMARTS) is 1. The molecule has 1 heterocycles. The number of pyridine rings is 1. The van der Waals surface area contributed by atoms with Crippen LogP contribution in [0.15, 0.2) is 18.3 Å². The Morgan fingerprint density at radius 1 is 1.62 bits per heavy atom. The van der Waals surface area contributed by atoms with Crippen LogP contribution < -0.4 is 0 Å². The minimum absolute atomic E-state index is 0.0575. The van der Waals surface area contributed by atoms with E-state index in [2.05, 4.69) is 10.9 Å². The maximum absolute atomic E-state index is 10.6. The molecule has 1 N–H and O–H groups in total. The number of hydrogen-bond acceptors (Lipinski definition) is 3. The number of rotatable bonds is 5. The summed E-state index contributed by atoms with van der Waals surface area (Å²) in [4.78, 5) is 16.4. The Bertz CT molecular complexity index is 392. The van der Waals surface area contributed by atoms with Crippen molar-refractivity contribution in [2.75, 3.05) is 13.1 Å². The molecule has 0 unspecified atom stereocenters. The van der Waals surface area contributed by atoms with Crippen LogP contribution in [0, 0.1) is 19.3 Å². The Hall–Kier alpha value is -1.86. The van der Waals surface area contributed by atoms with Crippen LogP contribution in [-0.2, 0) is 11.3 Å². The second kappa shape index (κ2) is 5.89. The molecule has 16 heavy (non-hydrogen) atoms. The lowest BCUT2D eigenvalue weighted by Crippen LogP contribution is -2.29. The lowest BCUT2D eigenvalue weighted by Gasteiger charge is -2.16. The fourth-order valence-electron chi connectivity index (χ4n) is 1.34. The van der Waals surface area contributed by atoms with Gasteiger partial charge >= 0.3 is 5.97 Å². The molecular formula is C12H14N2O2. The largest absolute Gasteiger partial charge is 0.480 e.